The Morgan fingerprint density at radius 2 is 1.71 bits per heavy atom. The van der Waals surface area contributed by atoms with Crippen molar-refractivity contribution < 1.29 is 5.11 Å². The van der Waals surface area contributed by atoms with Gasteiger partial charge in [-0.05, 0) is 42.2 Å². The van der Waals surface area contributed by atoms with E-state index in [2.05, 4.69) is 17.1 Å². The lowest BCUT2D eigenvalue weighted by Crippen LogP contribution is -1.99. The quantitative estimate of drug-likeness (QED) is 0.745. The highest BCUT2D eigenvalue weighted by molar-refractivity contribution is 7.99. The van der Waals surface area contributed by atoms with Crippen molar-refractivity contribution in [2.75, 3.05) is 5.75 Å². The molecule has 0 atom stereocenters. The molecule has 106 valence electrons. The molecular weight excluding hydrogens is 282 g/mol. The predicted octanol–water partition coefficient (Wildman–Crippen LogP) is 3.75. The summed E-state index contributed by atoms with van der Waals surface area (Å²) in [6.07, 6.45) is 0. The van der Waals surface area contributed by atoms with Gasteiger partial charge in [0, 0.05) is 11.3 Å². The van der Waals surface area contributed by atoms with Crippen LogP contribution in [0.2, 0.25) is 0 Å². The number of para-hydroxylation sites is 1. The van der Waals surface area contributed by atoms with Crippen LogP contribution in [-0.4, -0.2) is 25.6 Å². The van der Waals surface area contributed by atoms with Gasteiger partial charge in [0.1, 0.15) is 5.75 Å². The van der Waals surface area contributed by atoms with E-state index in [0.29, 0.717) is 0 Å². The summed E-state index contributed by atoms with van der Waals surface area (Å²) in [5.41, 5.74) is 1.95. The van der Waals surface area contributed by atoms with E-state index in [0.717, 1.165) is 28.0 Å². The van der Waals surface area contributed by atoms with Crippen molar-refractivity contribution in [3.8, 4) is 22.8 Å². The van der Waals surface area contributed by atoms with Gasteiger partial charge in [0.05, 0.1) is 0 Å². The van der Waals surface area contributed by atoms with Gasteiger partial charge in [-0.2, -0.15) is 0 Å². The summed E-state index contributed by atoms with van der Waals surface area (Å²) in [5, 5.41) is 18.9. The second-order valence-corrected chi connectivity index (χ2v) is 5.69. The van der Waals surface area contributed by atoms with Gasteiger partial charge in [-0.1, -0.05) is 36.9 Å². The van der Waals surface area contributed by atoms with Crippen molar-refractivity contribution >= 4 is 11.8 Å². The van der Waals surface area contributed by atoms with Crippen molar-refractivity contribution in [3.05, 3.63) is 54.6 Å². The molecule has 1 N–H and O–H groups in total. The number of aromatic nitrogens is 3. The maximum Gasteiger partial charge on any atom is 0.196 e. The molecule has 1 heterocycles. The Morgan fingerprint density at radius 1 is 1.00 bits per heavy atom. The average Bonchev–Trinajstić information content (AvgIpc) is 2.93. The predicted molar refractivity (Wildman–Crippen MR) is 84.9 cm³/mol. The van der Waals surface area contributed by atoms with Crippen LogP contribution in [0.3, 0.4) is 0 Å². The molecule has 0 amide bonds. The van der Waals surface area contributed by atoms with Crippen LogP contribution in [0, 0.1) is 0 Å². The average molecular weight is 297 g/mol. The van der Waals surface area contributed by atoms with Crippen LogP contribution in [0.1, 0.15) is 6.92 Å². The molecule has 0 aliphatic heterocycles. The second-order valence-electron chi connectivity index (χ2n) is 4.46. The molecule has 0 aliphatic carbocycles. The number of benzene rings is 2. The maximum absolute atomic E-state index is 9.43. The molecule has 0 fully saturated rings. The van der Waals surface area contributed by atoms with Gasteiger partial charge in [-0.3, -0.25) is 4.57 Å². The molecule has 3 aromatic rings. The van der Waals surface area contributed by atoms with Crippen LogP contribution in [0.25, 0.3) is 17.1 Å². The number of hydrogen-bond acceptors (Lipinski definition) is 4. The van der Waals surface area contributed by atoms with E-state index in [1.54, 1.807) is 23.9 Å². The summed E-state index contributed by atoms with van der Waals surface area (Å²) in [4.78, 5) is 0. The van der Waals surface area contributed by atoms with Crippen molar-refractivity contribution in [2.24, 2.45) is 0 Å². The smallest absolute Gasteiger partial charge is 0.196 e. The Labute approximate surface area is 127 Å². The fourth-order valence-electron chi connectivity index (χ4n) is 2.10. The molecule has 0 aliphatic rings. The highest BCUT2D eigenvalue weighted by Crippen LogP contribution is 2.28. The summed E-state index contributed by atoms with van der Waals surface area (Å²) in [7, 11) is 0. The monoisotopic (exact) mass is 297 g/mol. The normalized spacial score (nSPS) is 10.7. The first-order chi connectivity index (χ1) is 10.3. The van der Waals surface area contributed by atoms with E-state index in [1.807, 2.05) is 47.0 Å². The molecular formula is C16H15N3OS. The van der Waals surface area contributed by atoms with E-state index in [4.69, 9.17) is 0 Å². The minimum Gasteiger partial charge on any atom is -0.508 e. The number of thioether (sulfide) groups is 1. The van der Waals surface area contributed by atoms with Crippen LogP contribution in [0.5, 0.6) is 5.75 Å². The standard InChI is InChI=1S/C16H15N3OS/c1-2-21-16-18-17-15(12-8-10-14(20)11-9-12)19(16)13-6-4-3-5-7-13/h3-11,20H,2H2,1H3. The van der Waals surface area contributed by atoms with E-state index in [9.17, 15) is 5.11 Å². The number of phenolic OH excluding ortho intramolecular Hbond substituents is 1. The van der Waals surface area contributed by atoms with Gasteiger partial charge >= 0.3 is 0 Å². The number of nitrogens with zero attached hydrogens (tertiary/aromatic N) is 3. The first kappa shape index (κ1) is 13.7. The van der Waals surface area contributed by atoms with Crippen molar-refractivity contribution in [3.63, 3.8) is 0 Å². The molecule has 0 unspecified atom stereocenters. The van der Waals surface area contributed by atoms with Crippen molar-refractivity contribution in [2.45, 2.75) is 12.1 Å². The number of aromatic hydroxyl groups is 1. The van der Waals surface area contributed by atoms with E-state index in [1.165, 1.54) is 0 Å². The Morgan fingerprint density at radius 3 is 2.38 bits per heavy atom. The van der Waals surface area contributed by atoms with Gasteiger partial charge in [-0.25, -0.2) is 0 Å². The third-order valence-electron chi connectivity index (χ3n) is 3.05. The lowest BCUT2D eigenvalue weighted by atomic mass is 10.2. The molecule has 0 saturated carbocycles. The zero-order chi connectivity index (χ0) is 14.7. The molecule has 0 radical (unpaired) electrons. The fraction of sp³-hybridized carbons (Fsp3) is 0.125. The third kappa shape index (κ3) is 2.78. The summed E-state index contributed by atoms with van der Waals surface area (Å²) in [6.45, 7) is 2.09. The molecule has 2 aromatic carbocycles. The van der Waals surface area contributed by atoms with Crippen LogP contribution < -0.4 is 0 Å². The van der Waals surface area contributed by atoms with Crippen LogP contribution in [0.4, 0.5) is 0 Å². The number of hydrogen-bond donors (Lipinski definition) is 1. The Balaban J connectivity index is 2.15. The van der Waals surface area contributed by atoms with Crippen LogP contribution >= 0.6 is 11.8 Å². The first-order valence-corrected chi connectivity index (χ1v) is 7.71. The Kier molecular flexibility index (Phi) is 3.92. The molecule has 3 rings (SSSR count). The second kappa shape index (κ2) is 6.01. The van der Waals surface area contributed by atoms with Gasteiger partial charge in [0.15, 0.2) is 11.0 Å². The minimum atomic E-state index is 0.243. The summed E-state index contributed by atoms with van der Waals surface area (Å²) in [5.74, 6) is 1.95. The summed E-state index contributed by atoms with van der Waals surface area (Å²) < 4.78 is 2.04. The van der Waals surface area contributed by atoms with Gasteiger partial charge < -0.3 is 5.11 Å². The van der Waals surface area contributed by atoms with Gasteiger partial charge in [-0.15, -0.1) is 10.2 Å². The number of phenols is 1. The van der Waals surface area contributed by atoms with E-state index < -0.39 is 0 Å². The van der Waals surface area contributed by atoms with Crippen molar-refractivity contribution in [1.29, 1.82) is 0 Å². The zero-order valence-corrected chi connectivity index (χ0v) is 12.4. The molecule has 21 heavy (non-hydrogen) atoms. The van der Waals surface area contributed by atoms with Crippen molar-refractivity contribution in [1.82, 2.24) is 14.8 Å². The Bertz CT molecular complexity index is 723. The van der Waals surface area contributed by atoms with Crippen LogP contribution in [0.15, 0.2) is 59.8 Å². The minimum absolute atomic E-state index is 0.243. The van der Waals surface area contributed by atoms with Crippen LogP contribution in [-0.2, 0) is 0 Å². The largest absolute Gasteiger partial charge is 0.508 e. The van der Waals surface area contributed by atoms with E-state index in [-0.39, 0.29) is 5.75 Å². The summed E-state index contributed by atoms with van der Waals surface area (Å²) >= 11 is 1.66. The van der Waals surface area contributed by atoms with E-state index >= 15 is 0 Å². The lowest BCUT2D eigenvalue weighted by Gasteiger charge is -2.09. The molecule has 5 heteroatoms. The SMILES string of the molecule is CCSc1nnc(-c2ccc(O)cc2)n1-c1ccccc1. The Hall–Kier alpha value is -2.27. The first-order valence-electron chi connectivity index (χ1n) is 6.72. The highest BCUT2D eigenvalue weighted by Gasteiger charge is 2.15. The maximum atomic E-state index is 9.43. The third-order valence-corrected chi connectivity index (χ3v) is 3.86. The molecule has 4 nitrogen and oxygen atoms in total. The fourth-order valence-corrected chi connectivity index (χ4v) is 2.78. The topological polar surface area (TPSA) is 50.9 Å². The molecule has 0 spiro atoms. The highest BCUT2D eigenvalue weighted by atomic mass is 32.2. The van der Waals surface area contributed by atoms with Gasteiger partial charge in [0.2, 0.25) is 0 Å². The molecule has 0 saturated heterocycles. The number of rotatable bonds is 4. The zero-order valence-electron chi connectivity index (χ0n) is 11.6. The summed E-state index contributed by atoms with van der Waals surface area (Å²) in [6, 6.07) is 17.1. The lowest BCUT2D eigenvalue weighted by molar-refractivity contribution is 0.475. The van der Waals surface area contributed by atoms with Gasteiger partial charge in [0.25, 0.3) is 0 Å². The molecule has 1 aromatic heterocycles. The molecule has 0 bridgehead atoms.